The number of fused-ring (bicyclic) bond motifs is 1. The van der Waals surface area contributed by atoms with Gasteiger partial charge in [-0.05, 0) is 90.9 Å². The van der Waals surface area contributed by atoms with Gasteiger partial charge in [-0.3, -0.25) is 14.5 Å². The van der Waals surface area contributed by atoms with Gasteiger partial charge in [-0.2, -0.15) is 5.10 Å². The molecule has 1 saturated heterocycles. The van der Waals surface area contributed by atoms with Crippen molar-refractivity contribution in [2.75, 3.05) is 6.54 Å². The minimum Gasteiger partial charge on any atom is -0.319 e. The first kappa shape index (κ1) is 27.8. The zero-order valence-corrected chi connectivity index (χ0v) is 23.4. The highest BCUT2D eigenvalue weighted by atomic mass is 35.5. The fourth-order valence-corrected chi connectivity index (χ4v) is 6.11. The van der Waals surface area contributed by atoms with Crippen molar-refractivity contribution in [3.63, 3.8) is 0 Å². The second-order valence-corrected chi connectivity index (χ2v) is 11.3. The Morgan fingerprint density at radius 3 is 2.33 bits per heavy atom. The zero-order valence-electron chi connectivity index (χ0n) is 22.7. The molecule has 214 valence electrons. The van der Waals surface area contributed by atoms with Crippen molar-refractivity contribution in [3.8, 4) is 0 Å². The van der Waals surface area contributed by atoms with Crippen LogP contribution in [0.25, 0.3) is 6.08 Å². The molecule has 3 aliphatic rings. The Balaban J connectivity index is 1.32. The number of imide groups is 1. The number of hydrogen-bond donors (Lipinski definition) is 1. The van der Waals surface area contributed by atoms with Gasteiger partial charge in [-0.1, -0.05) is 48.0 Å². The number of hydrazone groups is 1. The highest BCUT2D eigenvalue weighted by Crippen LogP contribution is 2.44. The van der Waals surface area contributed by atoms with Crippen molar-refractivity contribution < 1.29 is 23.2 Å². The molecule has 1 aliphatic carbocycles. The van der Waals surface area contributed by atoms with Gasteiger partial charge in [0.05, 0.1) is 11.8 Å². The summed E-state index contributed by atoms with van der Waals surface area (Å²) >= 11 is 6.00. The van der Waals surface area contributed by atoms with Crippen LogP contribution in [0.1, 0.15) is 48.9 Å². The number of amides is 4. The SMILES string of the molecule is CC1(c2ccc(Cl)cc2)NC(=O)N(CC(=O)N2N=C3/C(=C/c4ccc(F)cc4)CCCC3C2c2ccc(F)cc2)C1=O. The number of urea groups is 1. The van der Waals surface area contributed by atoms with Crippen molar-refractivity contribution in [2.45, 2.75) is 37.8 Å². The summed E-state index contributed by atoms with van der Waals surface area (Å²) in [4.78, 5) is 41.3. The van der Waals surface area contributed by atoms with Gasteiger partial charge in [0.1, 0.15) is 23.7 Å². The lowest BCUT2D eigenvalue weighted by Gasteiger charge is -2.30. The average Bonchev–Trinajstić information content (AvgIpc) is 3.47. The molecule has 2 heterocycles. The Labute approximate surface area is 246 Å². The Bertz CT molecular complexity index is 1620. The molecular formula is C32H27ClF2N4O3. The van der Waals surface area contributed by atoms with Crippen LogP contribution in [0.3, 0.4) is 0 Å². The maximum atomic E-state index is 13.9. The molecule has 2 aliphatic heterocycles. The molecule has 0 spiro atoms. The van der Waals surface area contributed by atoms with Crippen LogP contribution in [0.2, 0.25) is 5.02 Å². The molecular weight excluding hydrogens is 562 g/mol. The number of nitrogens with zero attached hydrogens (tertiary/aromatic N) is 3. The van der Waals surface area contributed by atoms with Crippen LogP contribution in [0, 0.1) is 17.6 Å². The van der Waals surface area contributed by atoms with Crippen molar-refractivity contribution in [2.24, 2.45) is 11.0 Å². The number of nitrogens with one attached hydrogen (secondary N) is 1. The second kappa shape index (κ2) is 10.8. The second-order valence-electron chi connectivity index (χ2n) is 10.9. The summed E-state index contributed by atoms with van der Waals surface area (Å²) in [6, 6.07) is 17.4. The fourth-order valence-electron chi connectivity index (χ4n) is 5.99. The molecule has 0 bridgehead atoms. The van der Waals surface area contributed by atoms with Gasteiger partial charge >= 0.3 is 6.03 Å². The van der Waals surface area contributed by atoms with E-state index in [1.165, 1.54) is 29.3 Å². The van der Waals surface area contributed by atoms with E-state index in [2.05, 4.69) is 5.32 Å². The molecule has 0 radical (unpaired) electrons. The minimum absolute atomic E-state index is 0.178. The van der Waals surface area contributed by atoms with Gasteiger partial charge < -0.3 is 5.32 Å². The molecule has 42 heavy (non-hydrogen) atoms. The lowest BCUT2D eigenvalue weighted by Crippen LogP contribution is -2.44. The summed E-state index contributed by atoms with van der Waals surface area (Å²) < 4.78 is 27.3. The number of allylic oxidation sites excluding steroid dienone is 1. The van der Waals surface area contributed by atoms with E-state index in [0.717, 1.165) is 41.0 Å². The zero-order chi connectivity index (χ0) is 29.6. The first-order valence-corrected chi connectivity index (χ1v) is 14.0. The molecule has 3 atom stereocenters. The Morgan fingerprint density at radius 1 is 1.02 bits per heavy atom. The molecule has 2 fully saturated rings. The largest absolute Gasteiger partial charge is 0.325 e. The number of halogens is 3. The van der Waals surface area contributed by atoms with Crippen molar-refractivity contribution in [1.29, 1.82) is 0 Å². The molecule has 3 aromatic rings. The lowest BCUT2D eigenvalue weighted by atomic mass is 9.77. The first-order valence-electron chi connectivity index (χ1n) is 13.7. The number of hydrogen-bond acceptors (Lipinski definition) is 4. The summed E-state index contributed by atoms with van der Waals surface area (Å²) in [5.74, 6) is -2.03. The van der Waals surface area contributed by atoms with E-state index in [4.69, 9.17) is 16.7 Å². The summed E-state index contributed by atoms with van der Waals surface area (Å²) in [6.45, 7) is 1.06. The molecule has 0 aromatic heterocycles. The predicted octanol–water partition coefficient (Wildman–Crippen LogP) is 6.21. The van der Waals surface area contributed by atoms with Gasteiger partial charge in [0.25, 0.3) is 11.8 Å². The van der Waals surface area contributed by atoms with Crippen LogP contribution < -0.4 is 5.32 Å². The van der Waals surface area contributed by atoms with Crippen molar-refractivity contribution in [3.05, 3.63) is 112 Å². The van der Waals surface area contributed by atoms with Gasteiger partial charge in [0.2, 0.25) is 0 Å². The topological polar surface area (TPSA) is 82.1 Å². The maximum Gasteiger partial charge on any atom is 0.325 e. The number of carbonyl (C=O) groups excluding carboxylic acids is 3. The Morgan fingerprint density at radius 2 is 1.67 bits per heavy atom. The molecule has 1 N–H and O–H groups in total. The Kier molecular flexibility index (Phi) is 7.14. The van der Waals surface area contributed by atoms with E-state index < -0.39 is 41.8 Å². The van der Waals surface area contributed by atoms with E-state index in [0.29, 0.717) is 16.1 Å². The molecule has 4 amide bonds. The van der Waals surface area contributed by atoms with Gasteiger partial charge in [0, 0.05) is 10.9 Å². The van der Waals surface area contributed by atoms with E-state index in [1.54, 1.807) is 55.5 Å². The third kappa shape index (κ3) is 4.98. The quantitative estimate of drug-likeness (QED) is 0.360. The first-order chi connectivity index (χ1) is 20.1. The van der Waals surface area contributed by atoms with Crippen LogP contribution in [0.4, 0.5) is 13.6 Å². The highest BCUT2D eigenvalue weighted by molar-refractivity contribution is 6.30. The van der Waals surface area contributed by atoms with Crippen LogP contribution in [0.5, 0.6) is 0 Å². The normalized spacial score (nSPS) is 24.6. The summed E-state index contributed by atoms with van der Waals surface area (Å²) in [7, 11) is 0. The van der Waals surface area contributed by atoms with E-state index in [1.807, 2.05) is 6.08 Å². The summed E-state index contributed by atoms with van der Waals surface area (Å²) in [6.07, 6.45) is 4.23. The van der Waals surface area contributed by atoms with Crippen LogP contribution in [0.15, 0.2) is 83.5 Å². The Hall–Kier alpha value is -4.37. The summed E-state index contributed by atoms with van der Waals surface area (Å²) in [5, 5.41) is 9.29. The fraction of sp³-hybridized carbons (Fsp3) is 0.250. The molecule has 1 saturated carbocycles. The van der Waals surface area contributed by atoms with E-state index in [9.17, 15) is 23.2 Å². The smallest absolute Gasteiger partial charge is 0.319 e. The van der Waals surface area contributed by atoms with Gasteiger partial charge in [-0.25, -0.2) is 18.6 Å². The highest BCUT2D eigenvalue weighted by Gasteiger charge is 2.51. The van der Waals surface area contributed by atoms with Crippen LogP contribution >= 0.6 is 11.6 Å². The third-order valence-electron chi connectivity index (χ3n) is 8.17. The predicted molar refractivity (Wildman–Crippen MR) is 154 cm³/mol. The molecule has 6 rings (SSSR count). The average molecular weight is 589 g/mol. The standard InChI is InChI=1S/C32H27ClF2N4O3/c1-32(22-9-11-23(33)12-10-22)30(41)38(31(42)36-32)18-27(40)39-29(20-7-15-25(35)16-8-20)26-4-2-3-21(28(26)37-39)17-19-5-13-24(34)14-6-19/h5-17,26,29H,2-4,18H2,1H3,(H,36,42)/b21-17+. The molecule has 10 heteroatoms. The maximum absolute atomic E-state index is 13.9. The lowest BCUT2D eigenvalue weighted by molar-refractivity contribution is -0.140. The summed E-state index contributed by atoms with van der Waals surface area (Å²) in [5.41, 5.74) is 2.31. The van der Waals surface area contributed by atoms with E-state index in [-0.39, 0.29) is 11.7 Å². The van der Waals surface area contributed by atoms with Crippen LogP contribution in [-0.4, -0.2) is 40.0 Å². The van der Waals surface area contributed by atoms with Crippen molar-refractivity contribution >= 4 is 41.2 Å². The minimum atomic E-state index is -1.37. The molecule has 3 unspecified atom stereocenters. The third-order valence-corrected chi connectivity index (χ3v) is 8.42. The van der Waals surface area contributed by atoms with Gasteiger partial charge in [-0.15, -0.1) is 0 Å². The number of rotatable bonds is 5. The number of carbonyl (C=O) groups is 3. The van der Waals surface area contributed by atoms with Crippen molar-refractivity contribution in [1.82, 2.24) is 15.2 Å². The molecule has 3 aromatic carbocycles. The number of benzene rings is 3. The van der Waals surface area contributed by atoms with E-state index >= 15 is 0 Å². The van der Waals surface area contributed by atoms with Crippen LogP contribution in [-0.2, 0) is 15.1 Å². The monoisotopic (exact) mass is 588 g/mol. The molecule has 7 nitrogen and oxygen atoms in total. The van der Waals surface area contributed by atoms with Gasteiger partial charge in [0.15, 0.2) is 0 Å².